The summed E-state index contributed by atoms with van der Waals surface area (Å²) in [6, 6.07) is 0. The van der Waals surface area contributed by atoms with E-state index in [0.29, 0.717) is 30.1 Å². The summed E-state index contributed by atoms with van der Waals surface area (Å²) in [5.74, 6) is -5.48. The maximum Gasteiger partial charge on any atom is 0.391 e. The standard InChI is InChI=1S/C7H16.2C6H11F3.2C6H12F2.C6H13F.2C6H14.2C5H9F3.C5H10F2.C5H11F.3C5H12/c1-5-6-7(2,3)4;2*1-3-4-5(2)6(7,8)9;1-4-6(7,8)5(2)3;1-3-4-5(2)6(7)8;1-3-4-6(2)5-7;1-5-6(2,3)4;1-4-5-6(2)3;2*1-3-4(2)5(6,7)8;1-3-4(2)5(6)7;1-3-5(2)4-6;3*1-4-5(2)3/h5-6H2,1-4H3;2*5H,3-4H2,1-2H3;5H,4H2,1-3H3;5-6H,3-4H2,1-2H3;6H,3-5H2,1-2H3;5H2,1-4H3;6H,4-5H2,1-3H3;2*4H,3H2,1-2H3;4-5H,3H2,1-2H3;5H,3-4H2,1-2H3;3*5H,4H2,1-3H3/i;3D2;;;;;;;3D2;;;;;;. The Bertz CT molecular complexity index is 1620. The van der Waals surface area contributed by atoms with Gasteiger partial charge in [0.25, 0.3) is 0 Å². The Morgan fingerprint density at radius 3 is 0.615 bits per heavy atom. The van der Waals surface area contributed by atoms with Gasteiger partial charge in [-0.25, -0.2) is 26.3 Å². The third kappa shape index (κ3) is 158. The molecule has 0 amide bonds. The molecule has 0 aliphatic carbocycles. The fraction of sp³-hybridized carbons (Fsp3) is 1.00. The van der Waals surface area contributed by atoms with Crippen molar-refractivity contribution < 1.29 is 93.3 Å². The molecule has 8 unspecified atom stereocenters. The van der Waals surface area contributed by atoms with Gasteiger partial charge in [-0.2, -0.15) is 52.7 Å². The van der Waals surface area contributed by atoms with Gasteiger partial charge in [0.2, 0.25) is 18.8 Å². The highest BCUT2D eigenvalue weighted by molar-refractivity contribution is 4.67. The average molecular weight is 1570 g/mol. The first-order valence-electron chi connectivity index (χ1n) is 41.3. The van der Waals surface area contributed by atoms with E-state index in [1.165, 1.54) is 92.9 Å². The molecule has 0 rings (SSSR count). The summed E-state index contributed by atoms with van der Waals surface area (Å²) in [6.45, 7) is 73.1. The van der Waals surface area contributed by atoms with Gasteiger partial charge in [0, 0.05) is 29.7 Å². The second-order valence-electron chi connectivity index (χ2n) is 31.3. The Labute approximate surface area is 640 Å². The molecule has 0 aromatic rings. The van der Waals surface area contributed by atoms with Crippen molar-refractivity contribution >= 4 is 0 Å². The molecule has 0 heterocycles. The molecule has 0 fully saturated rings. The Kier molecular flexibility index (Phi) is 106. The first kappa shape index (κ1) is 126. The third-order valence-electron chi connectivity index (χ3n) is 15.4. The molecular weight excluding hydrogens is 1390 g/mol. The van der Waals surface area contributed by atoms with Crippen LogP contribution in [0.4, 0.5) is 87.8 Å². The Balaban J connectivity index is -0.0000000664. The first-order chi connectivity index (χ1) is 47.9. The van der Waals surface area contributed by atoms with Crippen LogP contribution in [0.15, 0.2) is 0 Å². The van der Waals surface area contributed by atoms with Gasteiger partial charge in [0.1, 0.15) is 0 Å². The van der Waals surface area contributed by atoms with E-state index in [-0.39, 0.29) is 44.4 Å². The van der Waals surface area contributed by atoms with Crippen molar-refractivity contribution in [2.75, 3.05) is 13.3 Å². The zero-order valence-electron chi connectivity index (χ0n) is 78.6. The summed E-state index contributed by atoms with van der Waals surface area (Å²) in [5, 5.41) is 0. The summed E-state index contributed by atoms with van der Waals surface area (Å²) >= 11 is 0. The van der Waals surface area contributed by atoms with E-state index in [4.69, 9.17) is 5.48 Å². The molecule has 0 aliphatic heterocycles. The summed E-state index contributed by atoms with van der Waals surface area (Å²) in [4.78, 5) is 0. The van der Waals surface area contributed by atoms with Gasteiger partial charge in [-0.3, -0.25) is 8.78 Å². The minimum absolute atomic E-state index is 0.0509. The van der Waals surface area contributed by atoms with Crippen LogP contribution in [0.3, 0.4) is 0 Å². The lowest BCUT2D eigenvalue weighted by Gasteiger charge is -2.17. The van der Waals surface area contributed by atoms with E-state index >= 15 is 0 Å². The molecule has 654 valence electrons. The van der Waals surface area contributed by atoms with Crippen molar-refractivity contribution in [1.29, 1.82) is 0 Å². The van der Waals surface area contributed by atoms with Crippen LogP contribution in [0.1, 0.15) is 410 Å². The molecule has 0 bridgehead atoms. The lowest BCUT2D eigenvalue weighted by molar-refractivity contribution is -0.171. The summed E-state index contributed by atoms with van der Waals surface area (Å²) in [5.41, 5.74) is 1.09. The number of halogens is 20. The van der Waals surface area contributed by atoms with Crippen LogP contribution in [-0.2, 0) is 0 Å². The Morgan fingerprint density at radius 1 is 0.288 bits per heavy atom. The van der Waals surface area contributed by atoms with Crippen LogP contribution in [-0.4, -0.2) is 56.8 Å². The van der Waals surface area contributed by atoms with Crippen LogP contribution in [0, 0.1) is 87.8 Å². The fourth-order valence-electron chi connectivity index (χ4n) is 4.59. The number of alkyl halides is 20. The van der Waals surface area contributed by atoms with Crippen LogP contribution >= 0.6 is 0 Å². The third-order valence-corrected chi connectivity index (χ3v) is 15.4. The fourth-order valence-corrected chi connectivity index (χ4v) is 4.59. The summed E-state index contributed by atoms with van der Waals surface area (Å²) in [7, 11) is 0. The van der Waals surface area contributed by atoms with Crippen molar-refractivity contribution in [1.82, 2.24) is 0 Å². The molecule has 8 atom stereocenters. The van der Waals surface area contributed by atoms with E-state index in [2.05, 4.69) is 145 Å². The van der Waals surface area contributed by atoms with Crippen molar-refractivity contribution in [2.24, 2.45) is 87.8 Å². The zero-order valence-corrected chi connectivity index (χ0v) is 74.6. The molecule has 20 heteroatoms. The van der Waals surface area contributed by atoms with Gasteiger partial charge in [-0.1, -0.05) is 347 Å². The molecule has 0 nitrogen and oxygen atoms in total. The second kappa shape index (κ2) is 87.2. The smallest absolute Gasteiger partial charge is 0.251 e. The Hall–Kier alpha value is -1.40. The van der Waals surface area contributed by atoms with Gasteiger partial charge in [-0.05, 0) is 97.7 Å². The van der Waals surface area contributed by atoms with Gasteiger partial charge in [-0.15, -0.1) is 0 Å². The highest BCUT2D eigenvalue weighted by atomic mass is 19.4. The molecule has 0 aromatic heterocycles. The number of hydrogen-bond acceptors (Lipinski definition) is 0. The SMILES string of the molecule is CCC(C)(C)C.CCC(C)C.CCC(C)C.CCC(C)C.CCC(C)C(F)(F)F.CCC(C)C(F)F.CCC(C)CF.CCC(F)(F)C(C)C.CCCC(C)(C)C.CCCC(C)C.CCCC(C)C(F)(F)F.CCCC(C)C(F)F.CCCC(C)CF.[2H]C([2H])(C)C(C)C(F)(F)F.[2H]C([2H])(C)CC(C)C(F)(F)F. The van der Waals surface area contributed by atoms with Crippen molar-refractivity contribution in [3.63, 3.8) is 0 Å². The highest BCUT2D eigenvalue weighted by Gasteiger charge is 2.36. The predicted octanol–water partition coefficient (Wildman–Crippen LogP) is 37.1. The Morgan fingerprint density at radius 2 is 0.577 bits per heavy atom. The quantitative estimate of drug-likeness (QED) is 0.0845. The van der Waals surface area contributed by atoms with Crippen molar-refractivity contribution in [2.45, 2.75) is 448 Å². The van der Waals surface area contributed by atoms with Gasteiger partial charge in [0.15, 0.2) is 0 Å². The largest absolute Gasteiger partial charge is 0.391 e. The molecule has 0 aliphatic rings. The zero-order chi connectivity index (χ0) is 91.0. The van der Waals surface area contributed by atoms with Gasteiger partial charge >= 0.3 is 24.7 Å². The van der Waals surface area contributed by atoms with Crippen LogP contribution in [0.2, 0.25) is 0 Å². The maximum absolute atomic E-state index is 12.3. The van der Waals surface area contributed by atoms with E-state index in [1.807, 2.05) is 27.7 Å². The van der Waals surface area contributed by atoms with Crippen LogP contribution in [0.5, 0.6) is 0 Å². The normalized spacial score (nSPS) is 14.4. The molecule has 0 radical (unpaired) electrons. The topological polar surface area (TPSA) is 0 Å². The molecule has 0 aromatic carbocycles. The van der Waals surface area contributed by atoms with Gasteiger partial charge in [0.05, 0.1) is 37.0 Å². The lowest BCUT2D eigenvalue weighted by Crippen LogP contribution is -2.21. The lowest BCUT2D eigenvalue weighted by atomic mass is 9.91. The van der Waals surface area contributed by atoms with E-state index in [9.17, 15) is 87.8 Å². The van der Waals surface area contributed by atoms with Crippen molar-refractivity contribution in [3.8, 4) is 0 Å². The molecule has 0 N–H and O–H groups in total. The molecule has 0 saturated carbocycles. The molecule has 0 saturated heterocycles. The monoisotopic (exact) mass is 1570 g/mol. The first-order valence-corrected chi connectivity index (χ1v) is 39.3. The minimum Gasteiger partial charge on any atom is -0.251 e. The average Bonchev–Trinajstić information content (AvgIpc) is 0.856. The van der Waals surface area contributed by atoms with E-state index in [0.717, 1.165) is 77.0 Å². The molecular formula is C84H178F20. The summed E-state index contributed by atoms with van der Waals surface area (Å²) < 4.78 is 261. The van der Waals surface area contributed by atoms with Crippen molar-refractivity contribution in [3.05, 3.63) is 0 Å². The van der Waals surface area contributed by atoms with Crippen LogP contribution < -0.4 is 0 Å². The summed E-state index contributed by atoms with van der Waals surface area (Å²) in [6.07, 6.45) is -8.71. The predicted molar refractivity (Wildman–Crippen MR) is 422 cm³/mol. The highest BCUT2D eigenvalue weighted by Crippen LogP contribution is 2.31. The van der Waals surface area contributed by atoms with E-state index < -0.39 is 104 Å². The number of rotatable bonds is 24. The van der Waals surface area contributed by atoms with Crippen LogP contribution in [0.25, 0.3) is 0 Å². The molecule has 0 spiro atoms. The maximum atomic E-state index is 12.3. The second-order valence-corrected chi connectivity index (χ2v) is 31.3. The van der Waals surface area contributed by atoms with E-state index in [1.54, 1.807) is 27.7 Å². The van der Waals surface area contributed by atoms with Gasteiger partial charge < -0.3 is 0 Å². The number of hydrogen-bond donors (Lipinski definition) is 0. The molecule has 104 heavy (non-hydrogen) atoms. The minimum atomic E-state index is -4.43.